The standard InChI is InChI=1S/C12H14Cl2N2O3S/c1-16-11(4-5-20(16,18)19)12(17)15-7-8-2-3-9(13)6-10(8)14/h2-3,6,11H,4-5,7H2,1H3,(H,15,17). The van der Waals surface area contributed by atoms with Gasteiger partial charge >= 0.3 is 0 Å². The number of carbonyl (C=O) groups is 1. The van der Waals surface area contributed by atoms with Gasteiger partial charge in [-0.1, -0.05) is 29.3 Å². The van der Waals surface area contributed by atoms with Crippen molar-refractivity contribution in [2.24, 2.45) is 0 Å². The van der Waals surface area contributed by atoms with E-state index < -0.39 is 16.1 Å². The predicted molar refractivity (Wildman–Crippen MR) is 78.3 cm³/mol. The van der Waals surface area contributed by atoms with Gasteiger partial charge in [0, 0.05) is 23.6 Å². The zero-order valence-electron chi connectivity index (χ0n) is 10.8. The molecular weight excluding hydrogens is 323 g/mol. The fourth-order valence-electron chi connectivity index (χ4n) is 2.04. The lowest BCUT2D eigenvalue weighted by molar-refractivity contribution is -0.124. The highest BCUT2D eigenvalue weighted by molar-refractivity contribution is 7.89. The van der Waals surface area contributed by atoms with Crippen LogP contribution >= 0.6 is 23.2 Å². The molecule has 1 atom stereocenters. The van der Waals surface area contributed by atoms with Crippen molar-refractivity contribution in [1.29, 1.82) is 0 Å². The summed E-state index contributed by atoms with van der Waals surface area (Å²) in [6.45, 7) is 0.235. The summed E-state index contributed by atoms with van der Waals surface area (Å²) in [5, 5.41) is 3.68. The number of nitrogens with one attached hydrogen (secondary N) is 1. The van der Waals surface area contributed by atoms with Crippen molar-refractivity contribution >= 4 is 39.1 Å². The van der Waals surface area contributed by atoms with Crippen LogP contribution in [-0.2, 0) is 21.4 Å². The van der Waals surface area contributed by atoms with Crippen LogP contribution in [0.15, 0.2) is 18.2 Å². The molecule has 8 heteroatoms. The third-order valence-electron chi connectivity index (χ3n) is 3.30. The summed E-state index contributed by atoms with van der Waals surface area (Å²) in [5.41, 5.74) is 0.730. The Morgan fingerprint density at radius 2 is 2.15 bits per heavy atom. The second kappa shape index (κ2) is 5.89. The minimum atomic E-state index is -3.29. The van der Waals surface area contributed by atoms with Gasteiger partial charge in [0.2, 0.25) is 15.9 Å². The molecule has 0 aromatic heterocycles. The summed E-state index contributed by atoms with van der Waals surface area (Å²) in [6.07, 6.45) is 0.305. The third kappa shape index (κ3) is 3.25. The maximum Gasteiger partial charge on any atom is 0.238 e. The van der Waals surface area contributed by atoms with Crippen molar-refractivity contribution in [3.05, 3.63) is 33.8 Å². The molecule has 1 saturated heterocycles. The number of hydrogen-bond donors (Lipinski definition) is 1. The highest BCUT2D eigenvalue weighted by Gasteiger charge is 2.38. The van der Waals surface area contributed by atoms with E-state index in [-0.39, 0.29) is 18.2 Å². The van der Waals surface area contributed by atoms with Crippen LogP contribution in [0.2, 0.25) is 10.0 Å². The van der Waals surface area contributed by atoms with E-state index in [0.717, 1.165) is 9.87 Å². The summed E-state index contributed by atoms with van der Waals surface area (Å²) < 4.78 is 24.2. The Labute approximate surface area is 127 Å². The molecule has 1 aliphatic rings. The predicted octanol–water partition coefficient (Wildman–Crippen LogP) is 1.64. The lowest BCUT2D eigenvalue weighted by Crippen LogP contribution is -2.42. The summed E-state index contributed by atoms with van der Waals surface area (Å²) in [6, 6.07) is 4.35. The van der Waals surface area contributed by atoms with Crippen LogP contribution in [0.5, 0.6) is 0 Å². The fraction of sp³-hybridized carbons (Fsp3) is 0.417. The van der Waals surface area contributed by atoms with Crippen molar-refractivity contribution in [2.45, 2.75) is 19.0 Å². The Morgan fingerprint density at radius 1 is 1.45 bits per heavy atom. The van der Waals surface area contributed by atoms with Gasteiger partial charge in [-0.2, -0.15) is 4.31 Å². The van der Waals surface area contributed by atoms with E-state index in [9.17, 15) is 13.2 Å². The fourth-order valence-corrected chi connectivity index (χ4v) is 3.91. The Bertz CT molecular complexity index is 634. The second-order valence-electron chi connectivity index (χ2n) is 4.59. The van der Waals surface area contributed by atoms with E-state index in [1.165, 1.54) is 7.05 Å². The summed E-state index contributed by atoms with van der Waals surface area (Å²) in [7, 11) is -1.87. The lowest BCUT2D eigenvalue weighted by Gasteiger charge is -2.17. The Morgan fingerprint density at radius 3 is 2.70 bits per heavy atom. The number of amides is 1. The smallest absolute Gasteiger partial charge is 0.238 e. The van der Waals surface area contributed by atoms with Crippen LogP contribution < -0.4 is 5.32 Å². The van der Waals surface area contributed by atoms with Gasteiger partial charge in [-0.25, -0.2) is 8.42 Å². The van der Waals surface area contributed by atoms with Crippen molar-refractivity contribution in [2.75, 3.05) is 12.8 Å². The number of halogens is 2. The molecule has 1 aliphatic heterocycles. The summed E-state index contributed by atoms with van der Waals surface area (Å²) >= 11 is 11.8. The third-order valence-corrected chi connectivity index (χ3v) is 5.77. The molecule has 0 aliphatic carbocycles. The van der Waals surface area contributed by atoms with Gasteiger partial charge in [0.15, 0.2) is 0 Å². The van der Waals surface area contributed by atoms with Crippen LogP contribution in [0.25, 0.3) is 0 Å². The molecule has 1 aromatic rings. The van der Waals surface area contributed by atoms with Gasteiger partial charge in [-0.05, 0) is 24.1 Å². The van der Waals surface area contributed by atoms with Crippen molar-refractivity contribution < 1.29 is 13.2 Å². The zero-order valence-corrected chi connectivity index (χ0v) is 13.1. The van der Waals surface area contributed by atoms with Gasteiger partial charge < -0.3 is 5.32 Å². The van der Waals surface area contributed by atoms with Gasteiger partial charge in [0.25, 0.3) is 0 Å². The van der Waals surface area contributed by atoms with E-state index in [1.54, 1.807) is 18.2 Å². The molecule has 1 unspecified atom stereocenters. The van der Waals surface area contributed by atoms with Crippen LogP contribution in [-0.4, -0.2) is 37.5 Å². The van der Waals surface area contributed by atoms with Crippen molar-refractivity contribution in [3.63, 3.8) is 0 Å². The molecule has 2 rings (SSSR count). The molecule has 1 fully saturated rings. The number of nitrogens with zero attached hydrogens (tertiary/aromatic N) is 1. The highest BCUT2D eigenvalue weighted by atomic mass is 35.5. The van der Waals surface area contributed by atoms with E-state index in [2.05, 4.69) is 5.32 Å². The molecule has 0 radical (unpaired) electrons. The molecule has 0 saturated carbocycles. The van der Waals surface area contributed by atoms with Crippen LogP contribution in [0.1, 0.15) is 12.0 Å². The van der Waals surface area contributed by atoms with E-state index in [1.807, 2.05) is 0 Å². The summed E-state index contributed by atoms with van der Waals surface area (Å²) in [4.78, 5) is 12.0. The first kappa shape index (κ1) is 15.6. The van der Waals surface area contributed by atoms with Gasteiger partial charge in [0.1, 0.15) is 6.04 Å². The Kier molecular flexibility index (Phi) is 4.59. The normalized spacial score (nSPS) is 21.9. The molecule has 5 nitrogen and oxygen atoms in total. The highest BCUT2D eigenvalue weighted by Crippen LogP contribution is 2.22. The van der Waals surface area contributed by atoms with Gasteiger partial charge in [-0.15, -0.1) is 0 Å². The molecule has 1 aromatic carbocycles. The van der Waals surface area contributed by atoms with Crippen molar-refractivity contribution in [1.82, 2.24) is 9.62 Å². The lowest BCUT2D eigenvalue weighted by atomic mass is 10.2. The largest absolute Gasteiger partial charge is 0.351 e. The number of likely N-dealkylation sites (N-methyl/N-ethyl adjacent to an activating group) is 1. The Hall–Kier alpha value is -0.820. The molecule has 0 spiro atoms. The first-order valence-electron chi connectivity index (χ1n) is 5.98. The molecule has 0 bridgehead atoms. The topological polar surface area (TPSA) is 66.5 Å². The zero-order chi connectivity index (χ0) is 14.9. The van der Waals surface area contributed by atoms with Crippen LogP contribution in [0, 0.1) is 0 Å². The van der Waals surface area contributed by atoms with E-state index >= 15 is 0 Å². The van der Waals surface area contributed by atoms with Crippen LogP contribution in [0.3, 0.4) is 0 Å². The second-order valence-corrected chi connectivity index (χ2v) is 7.58. The molecule has 1 heterocycles. The average molecular weight is 337 g/mol. The number of benzene rings is 1. The number of rotatable bonds is 3. The molecular formula is C12H14Cl2N2O3S. The number of carbonyl (C=O) groups excluding carboxylic acids is 1. The van der Waals surface area contributed by atoms with E-state index in [0.29, 0.717) is 16.5 Å². The van der Waals surface area contributed by atoms with Gasteiger partial charge in [0.05, 0.1) is 5.75 Å². The number of sulfonamides is 1. The van der Waals surface area contributed by atoms with Gasteiger partial charge in [-0.3, -0.25) is 4.79 Å². The van der Waals surface area contributed by atoms with Crippen molar-refractivity contribution in [3.8, 4) is 0 Å². The first-order chi connectivity index (χ1) is 9.31. The quantitative estimate of drug-likeness (QED) is 0.912. The minimum Gasteiger partial charge on any atom is -0.351 e. The SMILES string of the molecule is CN1C(C(=O)NCc2ccc(Cl)cc2Cl)CCS1(=O)=O. The maximum atomic E-state index is 12.0. The van der Waals surface area contributed by atoms with Crippen LogP contribution in [0.4, 0.5) is 0 Å². The molecule has 1 amide bonds. The molecule has 1 N–H and O–H groups in total. The minimum absolute atomic E-state index is 0.00326. The average Bonchev–Trinajstić information content (AvgIpc) is 2.63. The maximum absolute atomic E-state index is 12.0. The van der Waals surface area contributed by atoms with E-state index in [4.69, 9.17) is 23.2 Å². The molecule has 20 heavy (non-hydrogen) atoms. The first-order valence-corrected chi connectivity index (χ1v) is 8.35. The molecule has 110 valence electrons. The number of hydrogen-bond acceptors (Lipinski definition) is 3. The Balaban J connectivity index is 1.99. The monoisotopic (exact) mass is 336 g/mol. The summed E-state index contributed by atoms with van der Waals surface area (Å²) in [5.74, 6) is -0.317.